The first-order chi connectivity index (χ1) is 8.83. The maximum absolute atomic E-state index is 4.41. The molecule has 1 aliphatic rings. The summed E-state index contributed by atoms with van der Waals surface area (Å²) in [6, 6.07) is 2.07. The van der Waals surface area contributed by atoms with Gasteiger partial charge in [-0.05, 0) is 25.3 Å². The van der Waals surface area contributed by atoms with Crippen LogP contribution in [-0.4, -0.2) is 21.1 Å². The van der Waals surface area contributed by atoms with Crippen LogP contribution in [0, 0.1) is 12.8 Å². The van der Waals surface area contributed by atoms with E-state index in [1.807, 2.05) is 17.6 Å². The Balaban J connectivity index is 1.66. The minimum Gasteiger partial charge on any atom is -0.368 e. The molecule has 96 valence electrons. The van der Waals surface area contributed by atoms with Crippen LogP contribution in [0.3, 0.4) is 0 Å². The predicted octanol–water partition coefficient (Wildman–Crippen LogP) is 3.03. The molecule has 1 saturated carbocycles. The van der Waals surface area contributed by atoms with E-state index in [4.69, 9.17) is 0 Å². The van der Waals surface area contributed by atoms with Crippen LogP contribution in [0.1, 0.15) is 37.8 Å². The van der Waals surface area contributed by atoms with Crippen LogP contribution in [0.15, 0.2) is 18.5 Å². The van der Waals surface area contributed by atoms with Crippen LogP contribution in [-0.2, 0) is 0 Å². The highest BCUT2D eigenvalue weighted by atomic mass is 15.2. The van der Waals surface area contributed by atoms with Gasteiger partial charge >= 0.3 is 0 Å². The third-order valence-corrected chi connectivity index (χ3v) is 3.83. The average molecular weight is 244 g/mol. The standard InChI is InChI=1S/C14H20N4/c1-11-10-13-14(16-8-9-18(13)17-11)15-7-6-12-4-2-3-5-12/h8-10,12H,2-7H2,1H3,(H,15,16). The Kier molecular flexibility index (Phi) is 3.17. The summed E-state index contributed by atoms with van der Waals surface area (Å²) in [5, 5.41) is 7.85. The summed E-state index contributed by atoms with van der Waals surface area (Å²) in [7, 11) is 0. The Hall–Kier alpha value is -1.58. The third kappa shape index (κ3) is 2.33. The summed E-state index contributed by atoms with van der Waals surface area (Å²) in [5.74, 6) is 1.87. The zero-order valence-electron chi connectivity index (χ0n) is 10.9. The van der Waals surface area contributed by atoms with Crippen LogP contribution < -0.4 is 5.32 Å². The molecule has 0 bridgehead atoms. The van der Waals surface area contributed by atoms with Crippen LogP contribution in [0.25, 0.3) is 5.52 Å². The van der Waals surface area contributed by atoms with Crippen LogP contribution in [0.5, 0.6) is 0 Å². The van der Waals surface area contributed by atoms with Crippen LogP contribution in [0.2, 0.25) is 0 Å². The van der Waals surface area contributed by atoms with Gasteiger partial charge in [0.15, 0.2) is 5.82 Å². The van der Waals surface area contributed by atoms with E-state index in [1.165, 1.54) is 32.1 Å². The van der Waals surface area contributed by atoms with Crippen LogP contribution in [0.4, 0.5) is 5.82 Å². The molecule has 0 saturated heterocycles. The van der Waals surface area contributed by atoms with E-state index in [0.717, 1.165) is 29.5 Å². The molecule has 4 nitrogen and oxygen atoms in total. The Morgan fingerprint density at radius 3 is 3.06 bits per heavy atom. The van der Waals surface area contributed by atoms with E-state index < -0.39 is 0 Å². The highest BCUT2D eigenvalue weighted by Gasteiger charge is 2.14. The molecule has 2 aromatic heterocycles. The molecule has 18 heavy (non-hydrogen) atoms. The topological polar surface area (TPSA) is 42.2 Å². The second-order valence-electron chi connectivity index (χ2n) is 5.26. The van der Waals surface area contributed by atoms with E-state index in [9.17, 15) is 0 Å². The highest BCUT2D eigenvalue weighted by molar-refractivity contribution is 5.67. The maximum atomic E-state index is 4.41. The highest BCUT2D eigenvalue weighted by Crippen LogP contribution is 2.27. The fourth-order valence-electron chi connectivity index (χ4n) is 2.87. The number of hydrogen-bond donors (Lipinski definition) is 1. The molecule has 2 heterocycles. The minimum absolute atomic E-state index is 0.920. The molecule has 1 fully saturated rings. The smallest absolute Gasteiger partial charge is 0.152 e. The second-order valence-corrected chi connectivity index (χ2v) is 5.26. The van der Waals surface area contributed by atoms with E-state index in [0.29, 0.717) is 0 Å². The van der Waals surface area contributed by atoms with Crippen molar-refractivity contribution in [2.45, 2.75) is 39.0 Å². The molecule has 1 N–H and O–H groups in total. The molecule has 0 amide bonds. The van der Waals surface area contributed by atoms with Crippen molar-refractivity contribution in [2.24, 2.45) is 5.92 Å². The minimum atomic E-state index is 0.920. The quantitative estimate of drug-likeness (QED) is 0.899. The summed E-state index contributed by atoms with van der Waals surface area (Å²) < 4.78 is 1.89. The summed E-state index contributed by atoms with van der Waals surface area (Å²) in [6.07, 6.45) is 10.6. The molecule has 0 unspecified atom stereocenters. The Bertz CT molecular complexity index is 526. The van der Waals surface area contributed by atoms with E-state index in [2.05, 4.69) is 21.5 Å². The van der Waals surface area contributed by atoms with Gasteiger partial charge < -0.3 is 5.32 Å². The lowest BCUT2D eigenvalue weighted by Crippen LogP contribution is -2.08. The van der Waals surface area contributed by atoms with Crippen molar-refractivity contribution in [3.63, 3.8) is 0 Å². The molecule has 4 heteroatoms. The lowest BCUT2D eigenvalue weighted by molar-refractivity contribution is 0.518. The average Bonchev–Trinajstić information content (AvgIpc) is 2.97. The first kappa shape index (κ1) is 11.5. The molecule has 0 aromatic carbocycles. The third-order valence-electron chi connectivity index (χ3n) is 3.83. The molecular formula is C14H20N4. The van der Waals surface area contributed by atoms with E-state index >= 15 is 0 Å². The van der Waals surface area contributed by atoms with Crippen molar-refractivity contribution in [1.82, 2.24) is 14.6 Å². The van der Waals surface area contributed by atoms with Crippen molar-refractivity contribution in [1.29, 1.82) is 0 Å². The van der Waals surface area contributed by atoms with E-state index in [1.54, 1.807) is 6.20 Å². The van der Waals surface area contributed by atoms with Gasteiger partial charge in [-0.3, -0.25) is 0 Å². The number of aromatic nitrogens is 3. The van der Waals surface area contributed by atoms with Crippen molar-refractivity contribution in [3.8, 4) is 0 Å². The van der Waals surface area contributed by atoms with Gasteiger partial charge in [-0.1, -0.05) is 25.7 Å². The van der Waals surface area contributed by atoms with Crippen molar-refractivity contribution < 1.29 is 0 Å². The number of nitrogens with one attached hydrogen (secondary N) is 1. The van der Waals surface area contributed by atoms with Gasteiger partial charge in [-0.2, -0.15) is 5.10 Å². The summed E-state index contributed by atoms with van der Waals surface area (Å²) in [6.45, 7) is 3.02. The SMILES string of the molecule is Cc1cc2c(NCCC3CCCC3)nccn2n1. The van der Waals surface area contributed by atoms with Crippen molar-refractivity contribution >= 4 is 11.3 Å². The van der Waals surface area contributed by atoms with Crippen LogP contribution >= 0.6 is 0 Å². The summed E-state index contributed by atoms with van der Waals surface area (Å²) in [5.41, 5.74) is 2.10. The zero-order chi connectivity index (χ0) is 12.4. The largest absolute Gasteiger partial charge is 0.368 e. The molecular weight excluding hydrogens is 224 g/mol. The molecule has 0 aliphatic heterocycles. The van der Waals surface area contributed by atoms with Crippen molar-refractivity contribution in [2.75, 3.05) is 11.9 Å². The van der Waals surface area contributed by atoms with Crippen molar-refractivity contribution in [3.05, 3.63) is 24.2 Å². The van der Waals surface area contributed by atoms with Gasteiger partial charge in [-0.15, -0.1) is 0 Å². The maximum Gasteiger partial charge on any atom is 0.152 e. The van der Waals surface area contributed by atoms with Gasteiger partial charge in [0.1, 0.15) is 5.52 Å². The number of anilines is 1. The van der Waals surface area contributed by atoms with Gasteiger partial charge in [0.25, 0.3) is 0 Å². The van der Waals surface area contributed by atoms with Gasteiger partial charge in [0, 0.05) is 18.9 Å². The first-order valence-corrected chi connectivity index (χ1v) is 6.88. The second kappa shape index (κ2) is 4.96. The molecule has 0 radical (unpaired) electrons. The lowest BCUT2D eigenvalue weighted by Gasteiger charge is -2.10. The number of nitrogens with zero attached hydrogens (tertiary/aromatic N) is 3. The van der Waals surface area contributed by atoms with Gasteiger partial charge in [0.2, 0.25) is 0 Å². The Labute approximate surface area is 107 Å². The van der Waals surface area contributed by atoms with E-state index in [-0.39, 0.29) is 0 Å². The molecule has 2 aromatic rings. The number of hydrogen-bond acceptors (Lipinski definition) is 3. The zero-order valence-corrected chi connectivity index (χ0v) is 10.9. The number of fused-ring (bicyclic) bond motifs is 1. The Morgan fingerprint density at radius 1 is 1.39 bits per heavy atom. The fourth-order valence-corrected chi connectivity index (χ4v) is 2.87. The lowest BCUT2D eigenvalue weighted by atomic mass is 10.0. The molecule has 0 spiro atoms. The number of rotatable bonds is 4. The summed E-state index contributed by atoms with van der Waals surface area (Å²) >= 11 is 0. The monoisotopic (exact) mass is 244 g/mol. The van der Waals surface area contributed by atoms with Gasteiger partial charge in [-0.25, -0.2) is 9.50 Å². The predicted molar refractivity (Wildman–Crippen MR) is 72.8 cm³/mol. The molecule has 3 rings (SSSR count). The molecule has 1 aliphatic carbocycles. The fraction of sp³-hybridized carbons (Fsp3) is 0.571. The normalized spacial score (nSPS) is 16.5. The number of aryl methyl sites for hydroxylation is 1. The summed E-state index contributed by atoms with van der Waals surface area (Å²) in [4.78, 5) is 4.41. The molecule has 0 atom stereocenters. The van der Waals surface area contributed by atoms with Gasteiger partial charge in [0.05, 0.1) is 5.69 Å². The Morgan fingerprint density at radius 2 is 2.22 bits per heavy atom. The first-order valence-electron chi connectivity index (χ1n) is 6.88.